The first kappa shape index (κ1) is 30.0. The van der Waals surface area contributed by atoms with Crippen LogP contribution in [0.5, 0.6) is 11.5 Å². The summed E-state index contributed by atoms with van der Waals surface area (Å²) >= 11 is 0. The molecule has 3 nitrogen and oxygen atoms in total. The van der Waals surface area contributed by atoms with Gasteiger partial charge < -0.3 is 14.2 Å². The highest BCUT2D eigenvalue weighted by atomic mass is 19.4. The van der Waals surface area contributed by atoms with Crippen molar-refractivity contribution in [2.45, 2.75) is 50.7 Å². The van der Waals surface area contributed by atoms with Crippen LogP contribution < -0.4 is 9.47 Å². The maximum absolute atomic E-state index is 15.0. The van der Waals surface area contributed by atoms with Crippen molar-refractivity contribution in [3.05, 3.63) is 82.7 Å². The summed E-state index contributed by atoms with van der Waals surface area (Å²) in [6, 6.07) is 4.60. The Kier molecular flexibility index (Phi) is 8.08. The van der Waals surface area contributed by atoms with Gasteiger partial charge in [0.15, 0.2) is 11.6 Å². The molecule has 0 aromatic heterocycles. The van der Waals surface area contributed by atoms with Crippen molar-refractivity contribution in [3.8, 4) is 22.6 Å². The van der Waals surface area contributed by atoms with Crippen LogP contribution in [0.4, 0.5) is 43.9 Å². The van der Waals surface area contributed by atoms with Gasteiger partial charge in [-0.3, -0.25) is 0 Å². The molecule has 0 spiro atoms. The topological polar surface area (TPSA) is 27.7 Å². The molecule has 13 heteroatoms. The highest BCUT2D eigenvalue weighted by molar-refractivity contribution is 5.65. The van der Waals surface area contributed by atoms with Gasteiger partial charge in [-0.2, -0.15) is 8.78 Å². The summed E-state index contributed by atoms with van der Waals surface area (Å²) in [4.78, 5) is 0. The van der Waals surface area contributed by atoms with Crippen LogP contribution in [0.15, 0.2) is 42.5 Å². The van der Waals surface area contributed by atoms with Crippen molar-refractivity contribution < 1.29 is 58.1 Å². The minimum Gasteiger partial charge on any atom is -0.429 e. The Balaban J connectivity index is 1.34. The predicted octanol–water partition coefficient (Wildman–Crippen LogP) is 9.34. The first-order valence-electron chi connectivity index (χ1n) is 12.9. The average molecular weight is 608 g/mol. The Bertz CT molecular complexity index is 1410. The second-order valence-electron chi connectivity index (χ2n) is 10.3. The lowest BCUT2D eigenvalue weighted by molar-refractivity contribution is -0.276. The molecule has 0 radical (unpaired) electrons. The fourth-order valence-corrected chi connectivity index (χ4v) is 5.30. The zero-order valence-electron chi connectivity index (χ0n) is 21.5. The van der Waals surface area contributed by atoms with Crippen molar-refractivity contribution in [2.24, 2.45) is 11.8 Å². The van der Waals surface area contributed by atoms with E-state index in [1.165, 1.54) is 31.4 Å². The highest BCUT2D eigenvalue weighted by Crippen LogP contribution is 2.43. The molecule has 1 saturated carbocycles. The van der Waals surface area contributed by atoms with Gasteiger partial charge in [-0.25, -0.2) is 22.0 Å². The first-order chi connectivity index (χ1) is 19.7. The Morgan fingerprint density at radius 3 is 1.81 bits per heavy atom. The summed E-state index contributed by atoms with van der Waals surface area (Å²) in [6.07, 6.45) is -5.58. The summed E-state index contributed by atoms with van der Waals surface area (Å²) in [5, 5.41) is 0. The molecule has 2 unspecified atom stereocenters. The van der Waals surface area contributed by atoms with Crippen LogP contribution in [0.3, 0.4) is 0 Å². The molecule has 1 heterocycles. The van der Waals surface area contributed by atoms with E-state index in [0.29, 0.717) is 42.6 Å². The third kappa shape index (κ3) is 6.30. The molecule has 1 aliphatic carbocycles. The van der Waals surface area contributed by atoms with Crippen LogP contribution in [0, 0.1) is 40.9 Å². The molecule has 0 amide bonds. The molecule has 1 saturated heterocycles. The van der Waals surface area contributed by atoms with E-state index in [2.05, 4.69) is 9.47 Å². The smallest absolute Gasteiger partial charge is 0.429 e. The van der Waals surface area contributed by atoms with Gasteiger partial charge in [0.1, 0.15) is 28.8 Å². The lowest BCUT2D eigenvalue weighted by atomic mass is 9.73. The Morgan fingerprint density at radius 2 is 1.31 bits per heavy atom. The number of hydrogen-bond acceptors (Lipinski definition) is 3. The quantitative estimate of drug-likeness (QED) is 0.250. The van der Waals surface area contributed by atoms with Crippen LogP contribution in [-0.4, -0.2) is 13.0 Å². The Labute approximate surface area is 233 Å². The van der Waals surface area contributed by atoms with Gasteiger partial charge in [0, 0.05) is 17.7 Å². The molecule has 3 aromatic rings. The largest absolute Gasteiger partial charge is 0.573 e. The van der Waals surface area contributed by atoms with Gasteiger partial charge in [0.25, 0.3) is 0 Å². The minimum atomic E-state index is -5.50. The summed E-state index contributed by atoms with van der Waals surface area (Å²) in [6.45, 7) is 0.553. The lowest BCUT2D eigenvalue weighted by Gasteiger charge is -2.38. The third-order valence-corrected chi connectivity index (χ3v) is 7.57. The molecule has 3 aromatic carbocycles. The van der Waals surface area contributed by atoms with Crippen LogP contribution in [0.1, 0.15) is 49.3 Å². The van der Waals surface area contributed by atoms with Gasteiger partial charge >= 0.3 is 12.5 Å². The molecule has 2 aliphatic rings. The number of benzene rings is 3. The van der Waals surface area contributed by atoms with E-state index < -0.39 is 64.2 Å². The number of halogens is 10. The standard InChI is InChI=1S/C29H22F10O3/c30-20-8-15(25-7-5-16(13-40-25)14-2-1-3-14)4-6-19(20)17-9-21(31)26(22(32)10-17)28(35,36)41-18-11-23(33)27(24(34)12-18)42-29(37,38)39/h4,6,8-12,14,16,25H,1-3,5,7,13H2. The van der Waals surface area contributed by atoms with E-state index in [0.717, 1.165) is 12.5 Å². The average Bonchev–Trinajstić information content (AvgIpc) is 2.84. The third-order valence-electron chi connectivity index (χ3n) is 7.57. The van der Waals surface area contributed by atoms with Gasteiger partial charge in [0.2, 0.25) is 5.75 Å². The normalized spacial score (nSPS) is 19.9. The molecular weight excluding hydrogens is 586 g/mol. The highest BCUT2D eigenvalue weighted by Gasteiger charge is 2.42. The minimum absolute atomic E-state index is 0.0807. The van der Waals surface area contributed by atoms with E-state index in [9.17, 15) is 39.5 Å². The SMILES string of the molecule is Fc1cc(C2CCC(C3CCC3)CO2)ccc1-c1cc(F)c(C(F)(F)Oc2cc(F)c(OC(F)(F)F)c(F)c2)c(F)c1. The van der Waals surface area contributed by atoms with Crippen LogP contribution in [0.2, 0.25) is 0 Å². The van der Waals surface area contributed by atoms with Crippen LogP contribution in [0.25, 0.3) is 11.1 Å². The summed E-state index contributed by atoms with van der Waals surface area (Å²) in [7, 11) is 0. The van der Waals surface area contributed by atoms with Crippen molar-refractivity contribution in [1.29, 1.82) is 0 Å². The number of rotatable bonds is 7. The Morgan fingerprint density at radius 1 is 0.667 bits per heavy atom. The molecule has 2 atom stereocenters. The van der Waals surface area contributed by atoms with Crippen molar-refractivity contribution in [3.63, 3.8) is 0 Å². The summed E-state index contributed by atoms with van der Waals surface area (Å²) < 4.78 is 152. The summed E-state index contributed by atoms with van der Waals surface area (Å²) in [5.41, 5.74) is -2.17. The van der Waals surface area contributed by atoms with Gasteiger partial charge in [0.05, 0.1) is 12.7 Å². The number of alkyl halides is 5. The second kappa shape index (κ2) is 11.3. The molecule has 226 valence electrons. The van der Waals surface area contributed by atoms with Crippen molar-refractivity contribution in [1.82, 2.24) is 0 Å². The van der Waals surface area contributed by atoms with Gasteiger partial charge in [-0.15, -0.1) is 13.2 Å². The molecule has 5 rings (SSSR count). The van der Waals surface area contributed by atoms with E-state index in [1.54, 1.807) is 0 Å². The zero-order chi connectivity index (χ0) is 30.4. The zero-order valence-corrected chi connectivity index (χ0v) is 21.5. The number of ether oxygens (including phenoxy) is 3. The molecule has 2 fully saturated rings. The Hall–Kier alpha value is -3.48. The molecule has 0 bridgehead atoms. The lowest BCUT2D eigenvalue weighted by Crippen LogP contribution is -2.30. The predicted molar refractivity (Wildman–Crippen MR) is 128 cm³/mol. The van der Waals surface area contributed by atoms with E-state index >= 15 is 4.39 Å². The fourth-order valence-electron chi connectivity index (χ4n) is 5.30. The van der Waals surface area contributed by atoms with Crippen LogP contribution in [-0.2, 0) is 10.8 Å². The molecular formula is C29H22F10O3. The van der Waals surface area contributed by atoms with Crippen LogP contribution >= 0.6 is 0 Å². The maximum Gasteiger partial charge on any atom is 0.573 e. The molecule has 0 N–H and O–H groups in total. The van der Waals surface area contributed by atoms with E-state index in [1.807, 2.05) is 0 Å². The fraction of sp³-hybridized carbons (Fsp3) is 0.379. The van der Waals surface area contributed by atoms with Gasteiger partial charge in [-0.1, -0.05) is 31.4 Å². The maximum atomic E-state index is 15.0. The van der Waals surface area contributed by atoms with Crippen molar-refractivity contribution >= 4 is 0 Å². The van der Waals surface area contributed by atoms with Gasteiger partial charge in [-0.05, 0) is 54.0 Å². The number of hydrogen-bond donors (Lipinski definition) is 0. The second-order valence-corrected chi connectivity index (χ2v) is 10.3. The van der Waals surface area contributed by atoms with E-state index in [4.69, 9.17) is 4.74 Å². The first-order valence-corrected chi connectivity index (χ1v) is 12.9. The molecule has 1 aliphatic heterocycles. The van der Waals surface area contributed by atoms with E-state index in [-0.39, 0.29) is 23.8 Å². The monoisotopic (exact) mass is 608 g/mol. The summed E-state index contributed by atoms with van der Waals surface area (Å²) in [5.74, 6) is -11.0. The van der Waals surface area contributed by atoms with Crippen molar-refractivity contribution in [2.75, 3.05) is 6.61 Å². The molecule has 42 heavy (non-hydrogen) atoms.